The minimum Gasteiger partial charge on any atom is -0.493 e. The largest absolute Gasteiger partial charge is 0.493 e. The topological polar surface area (TPSA) is 59.6 Å². The molecule has 5 rings (SSSR count). The number of nitrogens with one attached hydrogen (secondary N) is 2. The third-order valence-electron chi connectivity index (χ3n) is 6.46. The van der Waals surface area contributed by atoms with E-state index in [1.165, 1.54) is 12.1 Å². The fourth-order valence-corrected chi connectivity index (χ4v) is 5.34. The number of carbonyl (C=O) groups excluding carboxylic acids is 1. The molecule has 174 valence electrons. The van der Waals surface area contributed by atoms with Crippen molar-refractivity contribution in [3.63, 3.8) is 0 Å². The molecule has 0 amide bonds. The Morgan fingerprint density at radius 1 is 0.941 bits per heavy atom. The van der Waals surface area contributed by atoms with E-state index in [0.717, 1.165) is 32.7 Å². The number of anilines is 2. The second-order valence-corrected chi connectivity index (χ2v) is 9.30. The lowest BCUT2D eigenvalue weighted by molar-refractivity contribution is -0.116. The van der Waals surface area contributed by atoms with Gasteiger partial charge >= 0.3 is 0 Å². The lowest BCUT2D eigenvalue weighted by atomic mass is 9.78. The van der Waals surface area contributed by atoms with Crippen LogP contribution >= 0.6 is 15.9 Å². The number of benzene rings is 3. The quantitative estimate of drug-likeness (QED) is 0.405. The fraction of sp³-hybridized carbons (Fsp3) is 0.222. The van der Waals surface area contributed by atoms with Gasteiger partial charge in [0.1, 0.15) is 5.82 Å². The minimum atomic E-state index is -0.401. The molecule has 0 saturated carbocycles. The molecule has 3 aromatic rings. The van der Waals surface area contributed by atoms with E-state index < -0.39 is 6.04 Å². The average Bonchev–Trinajstić information content (AvgIpc) is 3.01. The third-order valence-corrected chi connectivity index (χ3v) is 7.15. The van der Waals surface area contributed by atoms with E-state index >= 15 is 0 Å². The van der Waals surface area contributed by atoms with Crippen LogP contribution in [0.3, 0.4) is 0 Å². The molecule has 2 unspecified atom stereocenters. The van der Waals surface area contributed by atoms with Gasteiger partial charge in [-0.05, 0) is 59.9 Å². The van der Waals surface area contributed by atoms with E-state index in [1.807, 2.05) is 36.4 Å². The number of allylic oxidation sites excluding steroid dienone is 1. The summed E-state index contributed by atoms with van der Waals surface area (Å²) in [6.07, 6.45) is 0.996. The molecule has 0 radical (unpaired) electrons. The van der Waals surface area contributed by atoms with Crippen LogP contribution < -0.4 is 20.1 Å². The SMILES string of the molecule is COc1cc(Br)c(C2Nc3ccccc3NC3=C2C(=O)CC(c2ccc(F)cc2)C3)cc1OC. The van der Waals surface area contributed by atoms with E-state index in [4.69, 9.17) is 9.47 Å². The van der Waals surface area contributed by atoms with Crippen molar-refractivity contribution >= 4 is 33.1 Å². The second-order valence-electron chi connectivity index (χ2n) is 8.45. The predicted octanol–water partition coefficient (Wildman–Crippen LogP) is 6.58. The van der Waals surface area contributed by atoms with Crippen LogP contribution in [0.2, 0.25) is 0 Å². The van der Waals surface area contributed by atoms with E-state index in [-0.39, 0.29) is 17.5 Å². The van der Waals surface area contributed by atoms with Crippen LogP contribution in [0.1, 0.15) is 35.9 Å². The summed E-state index contributed by atoms with van der Waals surface area (Å²) in [6, 6.07) is 17.7. The van der Waals surface area contributed by atoms with Crippen LogP contribution in [-0.2, 0) is 4.79 Å². The Bertz CT molecular complexity index is 1290. The number of halogens is 2. The van der Waals surface area contributed by atoms with Crippen LogP contribution in [0.5, 0.6) is 11.5 Å². The predicted molar refractivity (Wildman–Crippen MR) is 134 cm³/mol. The lowest BCUT2D eigenvalue weighted by Crippen LogP contribution is -2.27. The van der Waals surface area contributed by atoms with E-state index in [2.05, 4.69) is 26.6 Å². The first kappa shape index (κ1) is 22.5. The Morgan fingerprint density at radius 3 is 2.32 bits per heavy atom. The van der Waals surface area contributed by atoms with Gasteiger partial charge < -0.3 is 20.1 Å². The Morgan fingerprint density at radius 2 is 1.62 bits per heavy atom. The molecule has 34 heavy (non-hydrogen) atoms. The summed E-state index contributed by atoms with van der Waals surface area (Å²) in [5, 5.41) is 7.10. The highest BCUT2D eigenvalue weighted by atomic mass is 79.9. The minimum absolute atomic E-state index is 0.0286. The van der Waals surface area contributed by atoms with Crippen molar-refractivity contribution < 1.29 is 18.7 Å². The molecular formula is C27H24BrFN2O3. The van der Waals surface area contributed by atoms with Crippen LogP contribution in [0.15, 0.2) is 76.4 Å². The maximum Gasteiger partial charge on any atom is 0.163 e. The number of carbonyl (C=O) groups is 1. The summed E-state index contributed by atoms with van der Waals surface area (Å²) >= 11 is 3.68. The normalized spacial score (nSPS) is 19.4. The van der Waals surface area contributed by atoms with Gasteiger partial charge in [-0.15, -0.1) is 0 Å². The van der Waals surface area contributed by atoms with E-state index in [1.54, 1.807) is 26.4 Å². The van der Waals surface area contributed by atoms with Crippen molar-refractivity contribution in [1.29, 1.82) is 0 Å². The van der Waals surface area contributed by atoms with Crippen molar-refractivity contribution in [1.82, 2.24) is 0 Å². The highest BCUT2D eigenvalue weighted by molar-refractivity contribution is 9.10. The molecule has 0 saturated heterocycles. The van der Waals surface area contributed by atoms with Gasteiger partial charge in [0.2, 0.25) is 0 Å². The van der Waals surface area contributed by atoms with E-state index in [0.29, 0.717) is 29.9 Å². The summed E-state index contributed by atoms with van der Waals surface area (Å²) in [6.45, 7) is 0. The van der Waals surface area contributed by atoms with Crippen LogP contribution in [0.25, 0.3) is 0 Å². The van der Waals surface area contributed by atoms with E-state index in [9.17, 15) is 9.18 Å². The van der Waals surface area contributed by atoms with Crippen molar-refractivity contribution in [3.8, 4) is 11.5 Å². The summed E-state index contributed by atoms with van der Waals surface area (Å²) in [7, 11) is 3.19. The van der Waals surface area contributed by atoms with Crippen LogP contribution in [0.4, 0.5) is 15.8 Å². The van der Waals surface area contributed by atoms with Crippen molar-refractivity contribution in [2.45, 2.75) is 24.8 Å². The van der Waals surface area contributed by atoms with Gasteiger partial charge in [-0.25, -0.2) is 4.39 Å². The molecule has 0 spiro atoms. The standard InChI is InChI=1S/C27H24BrFN2O3/c1-33-24-13-18(19(28)14-25(24)34-2)27-26-22(30-20-5-3-4-6-21(20)31-27)11-16(12-23(26)32)15-7-9-17(29)10-8-15/h3-10,13-14,16,27,30-31H,11-12H2,1-2H3. The number of Topliss-reactive ketones (excluding diaryl/α,β-unsaturated/α-hetero) is 1. The van der Waals surface area contributed by atoms with Gasteiger partial charge in [-0.3, -0.25) is 4.79 Å². The third kappa shape index (κ3) is 4.05. The molecule has 0 aromatic heterocycles. The smallest absolute Gasteiger partial charge is 0.163 e. The molecule has 2 aliphatic rings. The monoisotopic (exact) mass is 522 g/mol. The number of hydrogen-bond donors (Lipinski definition) is 2. The van der Waals surface area contributed by atoms with Gasteiger partial charge in [0.15, 0.2) is 17.3 Å². The molecule has 1 heterocycles. The molecule has 5 nitrogen and oxygen atoms in total. The molecule has 0 fully saturated rings. The molecule has 7 heteroatoms. The number of ether oxygens (including phenoxy) is 2. The van der Waals surface area contributed by atoms with Crippen LogP contribution in [0, 0.1) is 5.82 Å². The Labute approximate surface area is 206 Å². The number of fused-ring (bicyclic) bond motifs is 1. The fourth-order valence-electron chi connectivity index (χ4n) is 4.79. The Kier molecular flexibility index (Phi) is 6.04. The summed E-state index contributed by atoms with van der Waals surface area (Å²) < 4.78 is 25.3. The molecule has 1 aliphatic heterocycles. The molecule has 2 N–H and O–H groups in total. The molecule has 0 bridgehead atoms. The lowest BCUT2D eigenvalue weighted by Gasteiger charge is -2.30. The highest BCUT2D eigenvalue weighted by Gasteiger charge is 2.37. The van der Waals surface area contributed by atoms with Gasteiger partial charge in [0.05, 0.1) is 31.6 Å². The first-order valence-corrected chi connectivity index (χ1v) is 11.8. The number of para-hydroxylation sites is 2. The van der Waals surface area contributed by atoms with Crippen molar-refractivity contribution in [2.24, 2.45) is 0 Å². The highest BCUT2D eigenvalue weighted by Crippen LogP contribution is 2.47. The van der Waals surface area contributed by atoms with Gasteiger partial charge in [0.25, 0.3) is 0 Å². The maximum atomic E-state index is 13.7. The molecule has 3 aromatic carbocycles. The zero-order valence-corrected chi connectivity index (χ0v) is 20.4. The number of ketones is 1. The second kappa shape index (κ2) is 9.14. The van der Waals surface area contributed by atoms with Gasteiger partial charge in [0, 0.05) is 22.2 Å². The molecule has 1 aliphatic carbocycles. The number of methoxy groups -OCH3 is 2. The first-order chi connectivity index (χ1) is 16.5. The first-order valence-electron chi connectivity index (χ1n) is 11.0. The summed E-state index contributed by atoms with van der Waals surface area (Å²) in [4.78, 5) is 13.7. The molecular weight excluding hydrogens is 499 g/mol. The molecule has 2 atom stereocenters. The van der Waals surface area contributed by atoms with Crippen molar-refractivity contribution in [3.05, 3.63) is 93.4 Å². The average molecular weight is 523 g/mol. The maximum absolute atomic E-state index is 13.7. The van der Waals surface area contributed by atoms with Gasteiger partial charge in [-0.1, -0.05) is 40.2 Å². The zero-order chi connectivity index (χ0) is 23.8. The summed E-state index contributed by atoms with van der Waals surface area (Å²) in [5.74, 6) is 0.928. The summed E-state index contributed by atoms with van der Waals surface area (Å²) in [5.41, 5.74) is 5.20. The van der Waals surface area contributed by atoms with Crippen molar-refractivity contribution in [2.75, 3.05) is 24.9 Å². The van der Waals surface area contributed by atoms with Gasteiger partial charge in [-0.2, -0.15) is 0 Å². The Balaban J connectivity index is 1.64. The van der Waals surface area contributed by atoms with Crippen LogP contribution in [-0.4, -0.2) is 20.0 Å². The number of rotatable bonds is 4. The Hall–Kier alpha value is -3.32. The number of hydrogen-bond acceptors (Lipinski definition) is 5. The zero-order valence-electron chi connectivity index (χ0n) is 18.8.